The summed E-state index contributed by atoms with van der Waals surface area (Å²) < 4.78 is 26.8. The van der Waals surface area contributed by atoms with Crippen molar-refractivity contribution in [3.63, 3.8) is 0 Å². The molecule has 2 N–H and O–H groups in total. The summed E-state index contributed by atoms with van der Waals surface area (Å²) >= 11 is 0. The highest BCUT2D eigenvalue weighted by Crippen LogP contribution is 2.43. The van der Waals surface area contributed by atoms with Gasteiger partial charge in [-0.05, 0) is 0 Å². The van der Waals surface area contributed by atoms with Crippen molar-refractivity contribution in [2.75, 3.05) is 13.1 Å². The summed E-state index contributed by atoms with van der Waals surface area (Å²) in [5, 5.41) is 18.5. The second-order valence-electron chi connectivity index (χ2n) is 4.03. The lowest BCUT2D eigenvalue weighted by Gasteiger charge is -2.24. The summed E-state index contributed by atoms with van der Waals surface area (Å²) in [6.07, 6.45) is -2.33. The minimum atomic E-state index is -2.88. The molecule has 2 heterocycles. The van der Waals surface area contributed by atoms with Crippen molar-refractivity contribution in [1.82, 2.24) is 4.90 Å². The first-order valence-electron chi connectivity index (χ1n) is 4.42. The predicted molar refractivity (Wildman–Crippen MR) is 41.5 cm³/mol. The Hall–Kier alpha value is -0.260. The number of aliphatic hydroxyl groups excluding tert-OH is 2. The third kappa shape index (κ3) is 1.11. The molecule has 2 rings (SSSR count). The van der Waals surface area contributed by atoms with Crippen molar-refractivity contribution in [3.8, 4) is 0 Å². The summed E-state index contributed by atoms with van der Waals surface area (Å²) in [5.41, 5.74) is 0. The molecule has 2 fully saturated rings. The number of rotatable bonds is 0. The molecule has 0 aromatic carbocycles. The summed E-state index contributed by atoms with van der Waals surface area (Å²) in [5.74, 6) is -3.61. The summed E-state index contributed by atoms with van der Waals surface area (Å²) in [6, 6.07) is -1.18. The molecule has 2 aliphatic rings. The molecule has 4 atom stereocenters. The zero-order valence-corrected chi connectivity index (χ0v) is 7.32. The van der Waals surface area contributed by atoms with E-state index in [4.69, 9.17) is 0 Å². The van der Waals surface area contributed by atoms with Gasteiger partial charge in [0, 0.05) is 19.0 Å². The Kier molecular flexibility index (Phi) is 1.87. The number of hydrogen-bond donors (Lipinski definition) is 2. The van der Waals surface area contributed by atoms with Gasteiger partial charge in [0.25, 0.3) is 5.92 Å². The van der Waals surface area contributed by atoms with Gasteiger partial charge < -0.3 is 10.2 Å². The molecule has 0 spiro atoms. The summed E-state index contributed by atoms with van der Waals surface area (Å²) in [6.45, 7) is 1.88. The molecule has 2 aliphatic heterocycles. The van der Waals surface area contributed by atoms with Gasteiger partial charge in [0.05, 0.1) is 6.10 Å². The van der Waals surface area contributed by atoms with Crippen molar-refractivity contribution in [2.24, 2.45) is 5.92 Å². The first-order valence-corrected chi connectivity index (χ1v) is 4.42. The van der Waals surface area contributed by atoms with Gasteiger partial charge in [-0.25, -0.2) is 8.78 Å². The molecule has 0 aromatic rings. The van der Waals surface area contributed by atoms with Crippen LogP contribution in [-0.4, -0.2) is 52.4 Å². The number of nitrogens with zero attached hydrogens (tertiary/aromatic N) is 1. The van der Waals surface area contributed by atoms with Crippen LogP contribution >= 0.6 is 0 Å². The van der Waals surface area contributed by atoms with Crippen molar-refractivity contribution >= 4 is 0 Å². The molecule has 5 heteroatoms. The van der Waals surface area contributed by atoms with E-state index in [0.29, 0.717) is 0 Å². The SMILES string of the molecule is C[C@@H]1CN2C[C@H](O)[C@@H](O)[C@@H]2C1(F)F. The van der Waals surface area contributed by atoms with Gasteiger partial charge in [-0.3, -0.25) is 4.90 Å². The quantitative estimate of drug-likeness (QED) is 0.554. The van der Waals surface area contributed by atoms with Crippen LogP contribution in [0.15, 0.2) is 0 Å². The van der Waals surface area contributed by atoms with Gasteiger partial charge in [0.1, 0.15) is 12.1 Å². The van der Waals surface area contributed by atoms with Crippen molar-refractivity contribution < 1.29 is 19.0 Å². The lowest BCUT2D eigenvalue weighted by Crippen LogP contribution is -2.44. The molecular weight excluding hydrogens is 180 g/mol. The standard InChI is InChI=1S/C8H13F2NO2/c1-4-2-11-3-5(12)6(13)7(11)8(4,9)10/h4-7,12-13H,2-3H2,1H3/t4-,5+,6-,7-/m1/s1. The van der Waals surface area contributed by atoms with Crippen LogP contribution in [0.1, 0.15) is 6.92 Å². The number of fused-ring (bicyclic) bond motifs is 1. The van der Waals surface area contributed by atoms with E-state index in [1.807, 2.05) is 0 Å². The van der Waals surface area contributed by atoms with Gasteiger partial charge in [-0.2, -0.15) is 0 Å². The molecule has 0 aromatic heterocycles. The van der Waals surface area contributed by atoms with Crippen LogP contribution < -0.4 is 0 Å². The smallest absolute Gasteiger partial charge is 0.269 e. The fraction of sp³-hybridized carbons (Fsp3) is 1.00. The highest BCUT2D eigenvalue weighted by atomic mass is 19.3. The van der Waals surface area contributed by atoms with Crippen molar-refractivity contribution in [2.45, 2.75) is 31.1 Å². The lowest BCUT2D eigenvalue weighted by molar-refractivity contribution is -0.0938. The van der Waals surface area contributed by atoms with Crippen LogP contribution in [0.25, 0.3) is 0 Å². The molecule has 76 valence electrons. The Bertz CT molecular complexity index is 224. The maximum absolute atomic E-state index is 13.4. The zero-order valence-electron chi connectivity index (χ0n) is 7.32. The molecule has 2 saturated heterocycles. The van der Waals surface area contributed by atoms with Gasteiger partial charge in [0.2, 0.25) is 0 Å². The maximum atomic E-state index is 13.4. The van der Waals surface area contributed by atoms with Crippen LogP contribution in [0, 0.1) is 5.92 Å². The van der Waals surface area contributed by atoms with E-state index in [1.165, 1.54) is 11.8 Å². The van der Waals surface area contributed by atoms with Crippen LogP contribution in [-0.2, 0) is 0 Å². The van der Waals surface area contributed by atoms with E-state index in [1.54, 1.807) is 0 Å². The second-order valence-corrected chi connectivity index (χ2v) is 4.03. The number of hydrogen-bond acceptors (Lipinski definition) is 3. The molecule has 0 bridgehead atoms. The number of aliphatic hydroxyl groups is 2. The van der Waals surface area contributed by atoms with Crippen LogP contribution in [0.4, 0.5) is 8.78 Å². The minimum absolute atomic E-state index is 0.158. The largest absolute Gasteiger partial charge is 0.389 e. The van der Waals surface area contributed by atoms with E-state index in [9.17, 15) is 19.0 Å². The Morgan fingerprint density at radius 3 is 2.46 bits per heavy atom. The molecule has 0 saturated carbocycles. The van der Waals surface area contributed by atoms with Gasteiger partial charge in [0.15, 0.2) is 0 Å². The molecule has 0 radical (unpaired) electrons. The van der Waals surface area contributed by atoms with E-state index < -0.39 is 30.1 Å². The zero-order chi connectivity index (χ0) is 9.80. The Balaban J connectivity index is 2.25. The van der Waals surface area contributed by atoms with E-state index in [0.717, 1.165) is 0 Å². The Labute approximate surface area is 75.0 Å². The topological polar surface area (TPSA) is 43.7 Å². The van der Waals surface area contributed by atoms with Gasteiger partial charge in [-0.15, -0.1) is 0 Å². The Morgan fingerprint density at radius 1 is 1.31 bits per heavy atom. The maximum Gasteiger partial charge on any atom is 0.269 e. The molecule has 0 amide bonds. The van der Waals surface area contributed by atoms with Gasteiger partial charge >= 0.3 is 0 Å². The third-order valence-corrected chi connectivity index (χ3v) is 3.09. The average molecular weight is 193 g/mol. The average Bonchev–Trinajstić information content (AvgIpc) is 2.37. The molecular formula is C8H13F2NO2. The van der Waals surface area contributed by atoms with Crippen molar-refractivity contribution in [1.29, 1.82) is 0 Å². The normalized spacial score (nSPS) is 49.6. The summed E-state index contributed by atoms with van der Waals surface area (Å²) in [7, 11) is 0. The molecule has 3 nitrogen and oxygen atoms in total. The number of halogens is 2. The fourth-order valence-electron chi connectivity index (χ4n) is 2.31. The van der Waals surface area contributed by atoms with Gasteiger partial charge in [-0.1, -0.05) is 6.92 Å². The highest BCUT2D eigenvalue weighted by molar-refractivity contribution is 5.08. The van der Waals surface area contributed by atoms with Crippen LogP contribution in [0.3, 0.4) is 0 Å². The highest BCUT2D eigenvalue weighted by Gasteiger charge is 2.61. The van der Waals surface area contributed by atoms with Crippen LogP contribution in [0.2, 0.25) is 0 Å². The molecule has 0 unspecified atom stereocenters. The minimum Gasteiger partial charge on any atom is -0.389 e. The van der Waals surface area contributed by atoms with E-state index in [2.05, 4.69) is 0 Å². The number of alkyl halides is 2. The lowest BCUT2D eigenvalue weighted by atomic mass is 9.98. The molecule has 13 heavy (non-hydrogen) atoms. The fourth-order valence-corrected chi connectivity index (χ4v) is 2.31. The first kappa shape index (κ1) is 9.30. The second kappa shape index (κ2) is 2.62. The van der Waals surface area contributed by atoms with E-state index >= 15 is 0 Å². The summed E-state index contributed by atoms with van der Waals surface area (Å²) in [4.78, 5) is 1.47. The third-order valence-electron chi connectivity index (χ3n) is 3.09. The Morgan fingerprint density at radius 2 is 1.92 bits per heavy atom. The molecule has 0 aliphatic carbocycles. The van der Waals surface area contributed by atoms with E-state index in [-0.39, 0.29) is 13.1 Å². The monoisotopic (exact) mass is 193 g/mol. The van der Waals surface area contributed by atoms with Crippen molar-refractivity contribution in [3.05, 3.63) is 0 Å². The first-order chi connectivity index (χ1) is 5.94. The predicted octanol–water partition coefficient (Wildman–Crippen LogP) is -0.323. The van der Waals surface area contributed by atoms with Crippen LogP contribution in [0.5, 0.6) is 0 Å².